The lowest BCUT2D eigenvalue weighted by Gasteiger charge is -2.44. The van der Waals surface area contributed by atoms with Crippen molar-refractivity contribution in [2.24, 2.45) is 5.41 Å². The van der Waals surface area contributed by atoms with Crippen LogP contribution in [-0.2, 0) is 10.2 Å². The van der Waals surface area contributed by atoms with E-state index in [2.05, 4.69) is 15.0 Å². The van der Waals surface area contributed by atoms with Crippen LogP contribution in [0.15, 0.2) is 54.9 Å². The third kappa shape index (κ3) is 4.45. The van der Waals surface area contributed by atoms with Gasteiger partial charge in [-0.15, -0.1) is 0 Å². The predicted molar refractivity (Wildman–Crippen MR) is 113 cm³/mol. The van der Waals surface area contributed by atoms with E-state index in [1.165, 1.54) is 12.3 Å². The maximum Gasteiger partial charge on any atom is 0.356 e. The zero-order chi connectivity index (χ0) is 22.6. The quantitative estimate of drug-likeness (QED) is 0.376. The molecule has 0 spiro atoms. The van der Waals surface area contributed by atoms with Gasteiger partial charge < -0.3 is 4.74 Å². The minimum absolute atomic E-state index is 0.0277. The molecule has 5 nitrogen and oxygen atoms in total. The normalized spacial score (nSPS) is 13.5. The van der Waals surface area contributed by atoms with Crippen molar-refractivity contribution in [2.75, 3.05) is 6.61 Å². The largest absolute Gasteiger partial charge is 0.460 e. The zero-order valence-corrected chi connectivity index (χ0v) is 18.0. The first kappa shape index (κ1) is 22.5. The Bertz CT molecular complexity index is 1060. The summed E-state index contributed by atoms with van der Waals surface area (Å²) in [6.45, 7) is 7.67. The lowest BCUT2D eigenvalue weighted by molar-refractivity contribution is 0.0148. The molecule has 0 N–H and O–H groups in total. The van der Waals surface area contributed by atoms with E-state index in [1.807, 2.05) is 27.7 Å². The number of halogens is 2. The molecule has 0 aromatic carbocycles. The number of esters is 1. The van der Waals surface area contributed by atoms with Crippen molar-refractivity contribution in [1.82, 2.24) is 15.0 Å². The molecule has 0 fully saturated rings. The van der Waals surface area contributed by atoms with Crippen molar-refractivity contribution in [3.63, 3.8) is 0 Å². The number of hydrogen-bond donors (Lipinski definition) is 0. The standard InChI is InChI=1S/C24H25F2N3O2/c1-5-24(4,23(2,3)15-31-22(30)18-11-7-9-13-28-18)16-14-19(25)29-21(26)20(16)17-10-6-8-12-27-17/h6-14H,5,15H2,1-4H3. The smallest absolute Gasteiger partial charge is 0.356 e. The van der Waals surface area contributed by atoms with E-state index in [9.17, 15) is 13.6 Å². The molecule has 162 valence electrons. The van der Waals surface area contributed by atoms with Crippen LogP contribution in [0, 0.1) is 17.3 Å². The Balaban J connectivity index is 2.02. The second-order valence-corrected chi connectivity index (χ2v) is 8.23. The van der Waals surface area contributed by atoms with Crippen LogP contribution < -0.4 is 0 Å². The van der Waals surface area contributed by atoms with E-state index in [0.717, 1.165) is 0 Å². The molecule has 3 aromatic heterocycles. The minimum atomic E-state index is -0.922. The van der Waals surface area contributed by atoms with Crippen molar-refractivity contribution in [3.8, 4) is 11.3 Å². The average Bonchev–Trinajstić information content (AvgIpc) is 2.77. The Labute approximate surface area is 180 Å². The van der Waals surface area contributed by atoms with Crippen LogP contribution in [0.5, 0.6) is 0 Å². The van der Waals surface area contributed by atoms with Crippen molar-refractivity contribution in [3.05, 3.63) is 78.0 Å². The van der Waals surface area contributed by atoms with Gasteiger partial charge in [-0.3, -0.25) is 4.98 Å². The van der Waals surface area contributed by atoms with Crippen LogP contribution in [0.25, 0.3) is 11.3 Å². The van der Waals surface area contributed by atoms with Crippen LogP contribution in [0.4, 0.5) is 8.78 Å². The number of carbonyl (C=O) groups excluding carboxylic acids is 1. The molecular formula is C24H25F2N3O2. The monoisotopic (exact) mass is 425 g/mol. The minimum Gasteiger partial charge on any atom is -0.460 e. The van der Waals surface area contributed by atoms with Crippen LogP contribution >= 0.6 is 0 Å². The molecule has 1 atom stereocenters. The van der Waals surface area contributed by atoms with Gasteiger partial charge in [0.2, 0.25) is 11.9 Å². The van der Waals surface area contributed by atoms with Gasteiger partial charge in [0.25, 0.3) is 0 Å². The van der Waals surface area contributed by atoms with Gasteiger partial charge in [-0.05, 0) is 42.3 Å². The maximum absolute atomic E-state index is 14.9. The van der Waals surface area contributed by atoms with Gasteiger partial charge in [-0.25, -0.2) is 9.78 Å². The first-order chi connectivity index (χ1) is 14.7. The van der Waals surface area contributed by atoms with Crippen LogP contribution in [0.3, 0.4) is 0 Å². The predicted octanol–water partition coefficient (Wildman–Crippen LogP) is 5.37. The molecule has 3 heterocycles. The summed E-state index contributed by atoms with van der Waals surface area (Å²) < 4.78 is 34.7. The Morgan fingerprint density at radius 3 is 2.29 bits per heavy atom. The van der Waals surface area contributed by atoms with Crippen molar-refractivity contribution < 1.29 is 18.3 Å². The number of hydrogen-bond acceptors (Lipinski definition) is 5. The van der Waals surface area contributed by atoms with E-state index in [4.69, 9.17) is 4.74 Å². The number of pyridine rings is 3. The Morgan fingerprint density at radius 1 is 1.03 bits per heavy atom. The van der Waals surface area contributed by atoms with Crippen molar-refractivity contribution >= 4 is 5.97 Å². The zero-order valence-electron chi connectivity index (χ0n) is 18.0. The van der Waals surface area contributed by atoms with E-state index < -0.39 is 28.7 Å². The molecule has 0 bridgehead atoms. The highest BCUT2D eigenvalue weighted by Crippen LogP contribution is 2.48. The lowest BCUT2D eigenvalue weighted by Crippen LogP contribution is -2.43. The molecule has 0 aliphatic carbocycles. The molecule has 31 heavy (non-hydrogen) atoms. The number of rotatable bonds is 7. The number of carbonyl (C=O) groups is 1. The molecule has 0 aliphatic rings. The molecule has 7 heteroatoms. The first-order valence-electron chi connectivity index (χ1n) is 10.1. The van der Waals surface area contributed by atoms with E-state index >= 15 is 0 Å². The summed E-state index contributed by atoms with van der Waals surface area (Å²) in [7, 11) is 0. The molecule has 1 unspecified atom stereocenters. The van der Waals surface area contributed by atoms with Crippen LogP contribution in [-0.4, -0.2) is 27.5 Å². The molecule has 3 aromatic rings. The van der Waals surface area contributed by atoms with E-state index in [1.54, 1.807) is 42.6 Å². The number of nitrogens with zero attached hydrogens (tertiary/aromatic N) is 3. The van der Waals surface area contributed by atoms with Gasteiger partial charge >= 0.3 is 5.97 Å². The molecule has 0 saturated heterocycles. The maximum atomic E-state index is 14.9. The Morgan fingerprint density at radius 2 is 1.71 bits per heavy atom. The molecule has 0 aliphatic heterocycles. The van der Waals surface area contributed by atoms with E-state index in [-0.39, 0.29) is 17.9 Å². The highest BCUT2D eigenvalue weighted by molar-refractivity contribution is 5.87. The van der Waals surface area contributed by atoms with Crippen LogP contribution in [0.2, 0.25) is 0 Å². The van der Waals surface area contributed by atoms with Gasteiger partial charge in [-0.1, -0.05) is 39.8 Å². The first-order valence-corrected chi connectivity index (χ1v) is 10.1. The number of ether oxygens (including phenoxy) is 1. The van der Waals surface area contributed by atoms with Gasteiger partial charge in [0, 0.05) is 23.2 Å². The average molecular weight is 425 g/mol. The fourth-order valence-electron chi connectivity index (χ4n) is 3.67. The molecule has 0 radical (unpaired) electrons. The van der Waals surface area contributed by atoms with Gasteiger partial charge in [-0.2, -0.15) is 13.8 Å². The van der Waals surface area contributed by atoms with Gasteiger partial charge in [0.15, 0.2) is 0 Å². The highest BCUT2D eigenvalue weighted by Gasteiger charge is 2.44. The second-order valence-electron chi connectivity index (χ2n) is 8.23. The summed E-state index contributed by atoms with van der Waals surface area (Å²) in [5, 5.41) is 0. The molecule has 0 saturated carbocycles. The Kier molecular flexibility index (Phi) is 6.43. The summed E-state index contributed by atoms with van der Waals surface area (Å²) in [6.07, 6.45) is 3.59. The molecular weight excluding hydrogens is 400 g/mol. The summed E-state index contributed by atoms with van der Waals surface area (Å²) in [4.78, 5) is 24.1. The third-order valence-corrected chi connectivity index (χ3v) is 6.10. The van der Waals surface area contributed by atoms with Crippen molar-refractivity contribution in [2.45, 2.75) is 39.5 Å². The second kappa shape index (κ2) is 8.88. The summed E-state index contributed by atoms with van der Waals surface area (Å²) in [6, 6.07) is 11.3. The number of aromatic nitrogens is 3. The van der Waals surface area contributed by atoms with Gasteiger partial charge in [0.1, 0.15) is 5.69 Å². The SMILES string of the molecule is CCC(C)(c1cc(F)nc(F)c1-c1ccccn1)C(C)(C)COC(=O)c1ccccn1. The fraction of sp³-hybridized carbons (Fsp3) is 0.333. The van der Waals surface area contributed by atoms with Crippen molar-refractivity contribution in [1.29, 1.82) is 0 Å². The highest BCUT2D eigenvalue weighted by atomic mass is 19.1. The Hall–Kier alpha value is -3.22. The van der Waals surface area contributed by atoms with Gasteiger partial charge in [0.05, 0.1) is 17.9 Å². The van der Waals surface area contributed by atoms with Crippen LogP contribution in [0.1, 0.15) is 50.2 Å². The molecule has 0 amide bonds. The summed E-state index contributed by atoms with van der Waals surface area (Å²) in [5.74, 6) is -2.38. The summed E-state index contributed by atoms with van der Waals surface area (Å²) >= 11 is 0. The van der Waals surface area contributed by atoms with E-state index in [0.29, 0.717) is 17.7 Å². The topological polar surface area (TPSA) is 65.0 Å². The fourth-order valence-corrected chi connectivity index (χ4v) is 3.67. The third-order valence-electron chi connectivity index (χ3n) is 6.10. The molecule has 3 rings (SSSR count). The lowest BCUT2D eigenvalue weighted by atomic mass is 9.61. The summed E-state index contributed by atoms with van der Waals surface area (Å²) in [5.41, 5.74) is -0.312.